The number of ether oxygens (including phenoxy) is 1. The van der Waals surface area contributed by atoms with Crippen LogP contribution in [0.3, 0.4) is 0 Å². The second kappa shape index (κ2) is 9.54. The van der Waals surface area contributed by atoms with Gasteiger partial charge < -0.3 is 30.9 Å². The van der Waals surface area contributed by atoms with Crippen LogP contribution in [0.5, 0.6) is 0 Å². The molecule has 2 atom stereocenters. The van der Waals surface area contributed by atoms with Crippen LogP contribution in [0.1, 0.15) is 49.0 Å². The Labute approximate surface area is 201 Å². The molecular formula is C26H35N5O3. The molecule has 2 unspecified atom stereocenters. The minimum Gasteiger partial charge on any atom is -0.444 e. The Balaban J connectivity index is 1.31. The summed E-state index contributed by atoms with van der Waals surface area (Å²) in [4.78, 5) is 29.3. The van der Waals surface area contributed by atoms with Crippen LogP contribution in [0.2, 0.25) is 0 Å². The Hall–Kier alpha value is -3.26. The molecule has 0 spiro atoms. The summed E-state index contributed by atoms with van der Waals surface area (Å²) < 4.78 is 5.32. The Bertz CT molecular complexity index is 1040. The van der Waals surface area contributed by atoms with Gasteiger partial charge in [-0.15, -0.1) is 0 Å². The van der Waals surface area contributed by atoms with Gasteiger partial charge in [-0.2, -0.15) is 0 Å². The highest BCUT2D eigenvalue weighted by Crippen LogP contribution is 2.41. The Morgan fingerprint density at radius 3 is 2.32 bits per heavy atom. The average molecular weight is 466 g/mol. The number of amides is 2. The Morgan fingerprint density at radius 2 is 1.71 bits per heavy atom. The molecule has 2 aliphatic rings. The van der Waals surface area contributed by atoms with E-state index in [9.17, 15) is 9.59 Å². The van der Waals surface area contributed by atoms with E-state index < -0.39 is 5.60 Å². The van der Waals surface area contributed by atoms with Gasteiger partial charge >= 0.3 is 6.09 Å². The maximum absolute atomic E-state index is 12.8. The Morgan fingerprint density at radius 1 is 1.03 bits per heavy atom. The van der Waals surface area contributed by atoms with Crippen molar-refractivity contribution in [2.24, 2.45) is 0 Å². The summed E-state index contributed by atoms with van der Waals surface area (Å²) in [6.45, 7) is 9.38. The van der Waals surface area contributed by atoms with Crippen LogP contribution in [0.25, 0.3) is 0 Å². The smallest absolute Gasteiger partial charge is 0.407 e. The molecule has 2 aromatic carbocycles. The van der Waals surface area contributed by atoms with Crippen molar-refractivity contribution in [1.82, 2.24) is 10.2 Å². The number of benzene rings is 2. The quantitative estimate of drug-likeness (QED) is 0.583. The summed E-state index contributed by atoms with van der Waals surface area (Å²) in [6.07, 6.45) is 0.492. The number of hydrogen-bond acceptors (Lipinski definition) is 6. The fourth-order valence-corrected chi connectivity index (χ4v) is 4.23. The van der Waals surface area contributed by atoms with Gasteiger partial charge in [-0.1, -0.05) is 12.1 Å². The normalized spacial score (nSPS) is 20.5. The molecule has 34 heavy (non-hydrogen) atoms. The highest BCUT2D eigenvalue weighted by Gasteiger charge is 2.40. The van der Waals surface area contributed by atoms with Crippen molar-refractivity contribution in [3.05, 3.63) is 53.6 Å². The third-order valence-electron chi connectivity index (χ3n) is 6.22. The third-order valence-corrected chi connectivity index (χ3v) is 6.22. The lowest BCUT2D eigenvalue weighted by atomic mass is 10.1. The standard InChI is InChI=1S/C26H35N5O3/c1-26(2,3)34-25(33)29-22-16-20(22)17-5-8-19(9-6-17)28-24(32)18-7-10-23(21(27)15-18)31-13-11-30(4)12-14-31/h5-10,15,20,22H,11-14,16,27H2,1-4H3,(H,28,32)(H,29,33). The van der Waals surface area contributed by atoms with Crippen LogP contribution >= 0.6 is 0 Å². The van der Waals surface area contributed by atoms with E-state index in [1.165, 1.54) is 0 Å². The van der Waals surface area contributed by atoms with Crippen LogP contribution in [-0.4, -0.2) is 61.8 Å². The van der Waals surface area contributed by atoms with Crippen molar-refractivity contribution >= 4 is 29.1 Å². The van der Waals surface area contributed by atoms with Gasteiger partial charge in [-0.05, 0) is 70.1 Å². The number of alkyl carbamates (subject to hydrolysis) is 1. The van der Waals surface area contributed by atoms with Crippen molar-refractivity contribution in [2.45, 2.75) is 44.8 Å². The zero-order chi connectivity index (χ0) is 24.5. The van der Waals surface area contributed by atoms with Crippen LogP contribution in [0.15, 0.2) is 42.5 Å². The minimum atomic E-state index is -0.510. The molecule has 1 saturated carbocycles. The number of hydrogen-bond donors (Lipinski definition) is 3. The second-order valence-electron chi connectivity index (χ2n) is 10.2. The number of anilines is 3. The number of likely N-dealkylation sites (N-methyl/N-ethyl adjacent to an activating group) is 1. The fourth-order valence-electron chi connectivity index (χ4n) is 4.23. The first-order valence-corrected chi connectivity index (χ1v) is 11.8. The number of nitrogens with two attached hydrogens (primary N) is 1. The van der Waals surface area contributed by atoms with Crippen LogP contribution in [0, 0.1) is 0 Å². The predicted octanol–water partition coefficient (Wildman–Crippen LogP) is 3.65. The van der Waals surface area contributed by atoms with Gasteiger partial charge in [0.2, 0.25) is 0 Å². The molecule has 2 fully saturated rings. The van der Waals surface area contributed by atoms with Crippen LogP contribution in [0.4, 0.5) is 21.9 Å². The molecule has 2 aromatic rings. The number of nitrogen functional groups attached to an aromatic ring is 1. The van der Waals surface area contributed by atoms with Crippen LogP contribution < -0.4 is 21.3 Å². The lowest BCUT2D eigenvalue weighted by Gasteiger charge is -2.34. The van der Waals surface area contributed by atoms with Gasteiger partial charge in [0.15, 0.2) is 0 Å². The monoisotopic (exact) mass is 465 g/mol. The van der Waals surface area contributed by atoms with E-state index in [0.717, 1.165) is 43.9 Å². The molecule has 4 N–H and O–H groups in total. The molecule has 8 heteroatoms. The number of carbonyl (C=O) groups excluding carboxylic acids is 2. The molecule has 1 heterocycles. The third kappa shape index (κ3) is 5.99. The molecule has 8 nitrogen and oxygen atoms in total. The zero-order valence-corrected chi connectivity index (χ0v) is 20.4. The first kappa shape index (κ1) is 23.9. The van der Waals surface area contributed by atoms with E-state index in [-0.39, 0.29) is 24.0 Å². The van der Waals surface area contributed by atoms with E-state index in [1.807, 2.05) is 57.2 Å². The van der Waals surface area contributed by atoms with E-state index in [0.29, 0.717) is 16.9 Å². The maximum atomic E-state index is 12.8. The summed E-state index contributed by atoms with van der Waals surface area (Å²) in [7, 11) is 2.12. The van der Waals surface area contributed by atoms with Crippen molar-refractivity contribution in [1.29, 1.82) is 0 Å². The SMILES string of the molecule is CN1CCN(c2ccc(C(=O)Nc3ccc(C4CC4NC(=O)OC(C)(C)C)cc3)cc2N)CC1. The molecular weight excluding hydrogens is 430 g/mol. The molecule has 1 saturated heterocycles. The minimum absolute atomic E-state index is 0.0806. The summed E-state index contributed by atoms with van der Waals surface area (Å²) in [6, 6.07) is 13.3. The first-order valence-electron chi connectivity index (χ1n) is 11.8. The topological polar surface area (TPSA) is 99.9 Å². The van der Waals surface area contributed by atoms with Crippen molar-refractivity contribution < 1.29 is 14.3 Å². The lowest BCUT2D eigenvalue weighted by molar-refractivity contribution is 0.0522. The Kier molecular flexibility index (Phi) is 6.70. The average Bonchev–Trinajstić information content (AvgIpc) is 3.52. The van der Waals surface area contributed by atoms with Crippen molar-refractivity contribution in [3.8, 4) is 0 Å². The first-order chi connectivity index (χ1) is 16.1. The molecule has 2 amide bonds. The van der Waals surface area contributed by atoms with Gasteiger partial charge in [-0.3, -0.25) is 4.79 Å². The van der Waals surface area contributed by atoms with E-state index >= 15 is 0 Å². The van der Waals surface area contributed by atoms with E-state index in [2.05, 4.69) is 27.5 Å². The molecule has 0 radical (unpaired) electrons. The van der Waals surface area contributed by atoms with Gasteiger partial charge in [0.05, 0.1) is 11.4 Å². The number of nitrogens with zero attached hydrogens (tertiary/aromatic N) is 2. The molecule has 0 bridgehead atoms. The van der Waals surface area contributed by atoms with Crippen LogP contribution in [-0.2, 0) is 4.74 Å². The van der Waals surface area contributed by atoms with Gasteiger partial charge in [0.25, 0.3) is 5.91 Å². The molecule has 4 rings (SSSR count). The summed E-state index contributed by atoms with van der Waals surface area (Å²) >= 11 is 0. The number of carbonyl (C=O) groups is 2. The summed E-state index contributed by atoms with van der Waals surface area (Å²) in [5, 5.41) is 5.86. The molecule has 0 aromatic heterocycles. The largest absolute Gasteiger partial charge is 0.444 e. The maximum Gasteiger partial charge on any atom is 0.407 e. The van der Waals surface area contributed by atoms with E-state index in [1.54, 1.807) is 6.07 Å². The zero-order valence-electron chi connectivity index (χ0n) is 20.4. The highest BCUT2D eigenvalue weighted by molar-refractivity contribution is 6.05. The lowest BCUT2D eigenvalue weighted by Crippen LogP contribution is -2.44. The van der Waals surface area contributed by atoms with Crippen molar-refractivity contribution in [2.75, 3.05) is 49.2 Å². The molecule has 182 valence electrons. The van der Waals surface area contributed by atoms with Gasteiger partial charge in [-0.25, -0.2) is 4.79 Å². The van der Waals surface area contributed by atoms with Crippen molar-refractivity contribution in [3.63, 3.8) is 0 Å². The summed E-state index contributed by atoms with van der Waals surface area (Å²) in [5.41, 5.74) is 9.74. The number of piperazine rings is 1. The van der Waals surface area contributed by atoms with Gasteiger partial charge in [0, 0.05) is 49.4 Å². The number of nitrogens with one attached hydrogen (secondary N) is 2. The fraction of sp³-hybridized carbons (Fsp3) is 0.462. The highest BCUT2D eigenvalue weighted by atomic mass is 16.6. The van der Waals surface area contributed by atoms with Gasteiger partial charge in [0.1, 0.15) is 5.60 Å². The number of rotatable bonds is 5. The molecule has 1 aliphatic heterocycles. The predicted molar refractivity (Wildman–Crippen MR) is 135 cm³/mol. The summed E-state index contributed by atoms with van der Waals surface area (Å²) in [5.74, 6) is 0.0689. The molecule has 1 aliphatic carbocycles. The second-order valence-corrected chi connectivity index (χ2v) is 10.2. The van der Waals surface area contributed by atoms with E-state index in [4.69, 9.17) is 10.5 Å².